The molecule has 0 amide bonds. The summed E-state index contributed by atoms with van der Waals surface area (Å²) >= 11 is 5.32. The number of H-pyrrole nitrogens is 1. The molecular weight excluding hydrogens is 384 g/mol. The van der Waals surface area contributed by atoms with Crippen LogP contribution in [0.25, 0.3) is 11.4 Å². The summed E-state index contributed by atoms with van der Waals surface area (Å²) in [5.74, 6) is 1.43. The van der Waals surface area contributed by atoms with Crippen molar-refractivity contribution in [3.05, 3.63) is 58.9 Å². The van der Waals surface area contributed by atoms with Crippen LogP contribution < -0.4 is 9.64 Å². The van der Waals surface area contributed by atoms with Crippen LogP contribution in [0.4, 0.5) is 5.69 Å². The minimum absolute atomic E-state index is 0.415. The van der Waals surface area contributed by atoms with Gasteiger partial charge in [-0.1, -0.05) is 12.1 Å². The molecule has 0 aliphatic rings. The maximum Gasteiger partial charge on any atom is 0.216 e. The van der Waals surface area contributed by atoms with Crippen molar-refractivity contribution >= 4 is 24.1 Å². The van der Waals surface area contributed by atoms with Crippen LogP contribution >= 0.6 is 12.2 Å². The van der Waals surface area contributed by atoms with E-state index in [0.717, 1.165) is 22.6 Å². The van der Waals surface area contributed by atoms with Crippen LogP contribution in [0.5, 0.6) is 5.75 Å². The molecule has 1 aromatic heterocycles. The predicted molar refractivity (Wildman–Crippen MR) is 117 cm³/mol. The minimum Gasteiger partial charge on any atom is -0.494 e. The smallest absolute Gasteiger partial charge is 0.216 e. The van der Waals surface area contributed by atoms with Crippen molar-refractivity contribution in [1.82, 2.24) is 14.9 Å². The van der Waals surface area contributed by atoms with Gasteiger partial charge in [0.1, 0.15) is 5.75 Å². The molecule has 0 bridgehead atoms. The Morgan fingerprint density at radius 2 is 1.97 bits per heavy atom. The lowest BCUT2D eigenvalue weighted by Gasteiger charge is -2.17. The first-order chi connectivity index (χ1) is 14.1. The number of hydrogen-bond donors (Lipinski definition) is 1. The standard InChI is InChI=1S/C21H22N6OS/c1-3-28-19-11-7-17(8-12-19)20-24-25-21(29)27(20)23-15-16-5-9-18(10-6-16)26(2)14-4-13-22/h5-12,15H,3-4,14H2,1-2H3,(H,25,29)/b23-15-. The summed E-state index contributed by atoms with van der Waals surface area (Å²) < 4.78 is 7.49. The third kappa shape index (κ3) is 5.09. The van der Waals surface area contributed by atoms with Gasteiger partial charge in [0.15, 0.2) is 5.82 Å². The Hall–Kier alpha value is -3.44. The molecule has 0 unspecified atom stereocenters. The van der Waals surface area contributed by atoms with Crippen molar-refractivity contribution in [2.24, 2.45) is 5.10 Å². The highest BCUT2D eigenvalue weighted by Crippen LogP contribution is 2.21. The van der Waals surface area contributed by atoms with Gasteiger partial charge in [-0.25, -0.2) is 5.10 Å². The number of aromatic amines is 1. The molecular formula is C21H22N6OS. The van der Waals surface area contributed by atoms with Gasteiger partial charge in [0.25, 0.3) is 0 Å². The van der Waals surface area contributed by atoms with Crippen molar-refractivity contribution in [3.63, 3.8) is 0 Å². The molecule has 0 saturated carbocycles. The molecule has 29 heavy (non-hydrogen) atoms. The summed E-state index contributed by atoms with van der Waals surface area (Å²) in [6.45, 7) is 3.26. The second-order valence-electron chi connectivity index (χ2n) is 6.29. The number of rotatable bonds is 8. The number of aromatic nitrogens is 3. The number of anilines is 1. The Labute approximate surface area is 174 Å². The second kappa shape index (κ2) is 9.66. The minimum atomic E-state index is 0.415. The number of hydrogen-bond acceptors (Lipinski definition) is 6. The fraction of sp³-hybridized carbons (Fsp3) is 0.238. The molecule has 3 rings (SSSR count). The monoisotopic (exact) mass is 406 g/mol. The first-order valence-corrected chi connectivity index (χ1v) is 9.66. The lowest BCUT2D eigenvalue weighted by atomic mass is 10.2. The van der Waals surface area contributed by atoms with E-state index in [4.69, 9.17) is 22.2 Å². The summed E-state index contributed by atoms with van der Waals surface area (Å²) in [4.78, 5) is 2.04. The number of benzene rings is 2. The summed E-state index contributed by atoms with van der Waals surface area (Å²) in [5, 5.41) is 20.3. The number of nitrogens with one attached hydrogen (secondary N) is 1. The fourth-order valence-corrected chi connectivity index (χ4v) is 2.92. The molecule has 0 atom stereocenters. The topological polar surface area (TPSA) is 82.2 Å². The van der Waals surface area contributed by atoms with E-state index in [0.29, 0.717) is 30.2 Å². The number of nitrogens with zero attached hydrogens (tertiary/aromatic N) is 5. The van der Waals surface area contributed by atoms with Crippen LogP contribution in [0.15, 0.2) is 53.6 Å². The van der Waals surface area contributed by atoms with Crippen molar-refractivity contribution in [2.45, 2.75) is 13.3 Å². The maximum absolute atomic E-state index is 8.71. The van der Waals surface area contributed by atoms with Gasteiger partial charge in [0, 0.05) is 24.8 Å². The zero-order valence-electron chi connectivity index (χ0n) is 16.4. The highest BCUT2D eigenvalue weighted by Gasteiger charge is 2.08. The average Bonchev–Trinajstić information content (AvgIpc) is 3.12. The summed E-state index contributed by atoms with van der Waals surface area (Å²) in [7, 11) is 1.97. The van der Waals surface area contributed by atoms with E-state index in [1.165, 1.54) is 0 Å². The maximum atomic E-state index is 8.71. The Morgan fingerprint density at radius 3 is 2.62 bits per heavy atom. The molecule has 3 aromatic rings. The lowest BCUT2D eigenvalue weighted by Crippen LogP contribution is -2.17. The first kappa shape index (κ1) is 20.3. The van der Waals surface area contributed by atoms with Crippen LogP contribution in [0, 0.1) is 16.1 Å². The van der Waals surface area contributed by atoms with Crippen molar-refractivity contribution in [1.29, 1.82) is 5.26 Å². The van der Waals surface area contributed by atoms with Crippen LogP contribution in [0.2, 0.25) is 0 Å². The van der Waals surface area contributed by atoms with Gasteiger partial charge in [-0.3, -0.25) is 0 Å². The Balaban J connectivity index is 1.78. The molecule has 7 nitrogen and oxygen atoms in total. The van der Waals surface area contributed by atoms with E-state index in [-0.39, 0.29) is 0 Å². The Kier molecular flexibility index (Phi) is 6.76. The SMILES string of the molecule is CCOc1ccc(-c2n[nH]c(=S)n2/N=C\c2ccc(N(C)CCC#N)cc2)cc1. The van der Waals surface area contributed by atoms with Crippen LogP contribution in [-0.4, -0.2) is 41.3 Å². The number of nitriles is 1. The molecule has 1 heterocycles. The quantitative estimate of drug-likeness (QED) is 0.447. The van der Waals surface area contributed by atoms with E-state index in [1.807, 2.05) is 67.4 Å². The first-order valence-electron chi connectivity index (χ1n) is 9.25. The average molecular weight is 407 g/mol. The second-order valence-corrected chi connectivity index (χ2v) is 6.67. The normalized spacial score (nSPS) is 10.8. The van der Waals surface area contributed by atoms with Crippen molar-refractivity contribution < 1.29 is 4.74 Å². The van der Waals surface area contributed by atoms with Gasteiger partial charge in [-0.2, -0.15) is 20.1 Å². The van der Waals surface area contributed by atoms with Crippen LogP contribution in [-0.2, 0) is 0 Å². The molecule has 148 valence electrons. The van der Waals surface area contributed by atoms with Crippen molar-refractivity contribution in [3.8, 4) is 23.2 Å². The van der Waals surface area contributed by atoms with E-state index in [2.05, 4.69) is 21.4 Å². The zero-order chi connectivity index (χ0) is 20.6. The highest BCUT2D eigenvalue weighted by molar-refractivity contribution is 7.71. The molecule has 0 saturated heterocycles. The third-order valence-electron chi connectivity index (χ3n) is 4.29. The zero-order valence-corrected chi connectivity index (χ0v) is 17.2. The Morgan fingerprint density at radius 1 is 1.24 bits per heavy atom. The molecule has 8 heteroatoms. The predicted octanol–water partition coefficient (Wildman–Crippen LogP) is 4.24. The van der Waals surface area contributed by atoms with Gasteiger partial charge in [-0.15, -0.1) is 0 Å². The molecule has 0 fully saturated rings. The van der Waals surface area contributed by atoms with E-state index in [1.54, 1.807) is 10.9 Å². The molecule has 1 N–H and O–H groups in total. The third-order valence-corrected chi connectivity index (χ3v) is 4.55. The lowest BCUT2D eigenvalue weighted by molar-refractivity contribution is 0.340. The van der Waals surface area contributed by atoms with Crippen LogP contribution in [0.3, 0.4) is 0 Å². The summed E-state index contributed by atoms with van der Waals surface area (Å²) in [5.41, 5.74) is 2.86. The van der Waals surface area contributed by atoms with Gasteiger partial charge >= 0.3 is 0 Å². The van der Waals surface area contributed by atoms with Gasteiger partial charge in [0.05, 0.1) is 25.3 Å². The molecule has 0 aliphatic heterocycles. The fourth-order valence-electron chi connectivity index (χ4n) is 2.74. The summed E-state index contributed by atoms with van der Waals surface area (Å²) in [6, 6.07) is 17.7. The van der Waals surface area contributed by atoms with E-state index < -0.39 is 0 Å². The van der Waals surface area contributed by atoms with E-state index >= 15 is 0 Å². The van der Waals surface area contributed by atoms with Crippen LogP contribution in [0.1, 0.15) is 18.9 Å². The van der Waals surface area contributed by atoms with Gasteiger partial charge in [-0.05, 0) is 61.1 Å². The van der Waals surface area contributed by atoms with Gasteiger partial charge < -0.3 is 9.64 Å². The van der Waals surface area contributed by atoms with E-state index in [9.17, 15) is 0 Å². The van der Waals surface area contributed by atoms with Gasteiger partial charge in [0.2, 0.25) is 4.77 Å². The molecule has 0 radical (unpaired) electrons. The van der Waals surface area contributed by atoms with Crippen molar-refractivity contribution in [2.75, 3.05) is 25.1 Å². The molecule has 0 spiro atoms. The molecule has 0 aliphatic carbocycles. The largest absolute Gasteiger partial charge is 0.494 e. The Bertz CT molecular complexity index is 1060. The summed E-state index contributed by atoms with van der Waals surface area (Å²) in [6.07, 6.45) is 2.23. The molecule has 2 aromatic carbocycles. The highest BCUT2D eigenvalue weighted by atomic mass is 32.1. The number of ether oxygens (including phenoxy) is 1.